The van der Waals surface area contributed by atoms with Crippen molar-refractivity contribution in [3.05, 3.63) is 0 Å². The Kier molecular flexibility index (Phi) is 4.43. The van der Waals surface area contributed by atoms with Crippen molar-refractivity contribution < 1.29 is 18.8 Å². The van der Waals surface area contributed by atoms with Gasteiger partial charge in [-0.15, -0.1) is 0 Å². The van der Waals surface area contributed by atoms with Gasteiger partial charge in [0, 0.05) is 10.8 Å². The summed E-state index contributed by atoms with van der Waals surface area (Å²) < 4.78 is 18.1. The Morgan fingerprint density at radius 3 is 2.67 bits per heavy atom. The molecule has 0 aromatic carbocycles. The molecule has 3 atom stereocenters. The lowest BCUT2D eigenvalue weighted by atomic mass is 9.98. The number of aliphatic carboxylic acids is 1. The maximum atomic E-state index is 12.0. The molecule has 1 N–H and O–H groups in total. The molecule has 3 unspecified atom stereocenters. The van der Waals surface area contributed by atoms with Crippen LogP contribution in [0.25, 0.3) is 0 Å². The van der Waals surface area contributed by atoms with Gasteiger partial charge in [-0.25, -0.2) is 0 Å². The lowest BCUT2D eigenvalue weighted by Crippen LogP contribution is -2.32. The highest BCUT2D eigenvalue weighted by Crippen LogP contribution is 2.43. The zero-order chi connectivity index (χ0) is 13.2. The fraction of sp³-hybridized carbons (Fsp3) is 0.923. The lowest BCUT2D eigenvalue weighted by Gasteiger charge is -2.24. The molecule has 1 spiro atoms. The van der Waals surface area contributed by atoms with Crippen molar-refractivity contribution in [2.24, 2.45) is 0 Å². The first-order valence-corrected chi connectivity index (χ1v) is 8.22. The second-order valence-corrected chi connectivity index (χ2v) is 7.12. The fourth-order valence-corrected chi connectivity index (χ4v) is 4.60. The van der Waals surface area contributed by atoms with Crippen molar-refractivity contribution in [2.45, 2.75) is 68.8 Å². The van der Waals surface area contributed by atoms with Crippen molar-refractivity contribution in [3.63, 3.8) is 0 Å². The molecule has 0 aromatic rings. The summed E-state index contributed by atoms with van der Waals surface area (Å²) in [5.41, 5.74) is 0.0415. The third-order valence-corrected chi connectivity index (χ3v) is 6.04. The molecule has 5 heteroatoms. The molecule has 1 heterocycles. The van der Waals surface area contributed by atoms with Crippen molar-refractivity contribution in [3.8, 4) is 0 Å². The van der Waals surface area contributed by atoms with Crippen LogP contribution in [0.4, 0.5) is 0 Å². The van der Waals surface area contributed by atoms with Crippen LogP contribution in [0.5, 0.6) is 0 Å². The van der Waals surface area contributed by atoms with Crippen LogP contribution >= 0.6 is 0 Å². The van der Waals surface area contributed by atoms with Gasteiger partial charge in [-0.2, -0.15) is 0 Å². The summed E-state index contributed by atoms with van der Waals surface area (Å²) in [6.45, 7) is 1.77. The molecule has 0 amide bonds. The van der Waals surface area contributed by atoms with E-state index in [0.29, 0.717) is 12.2 Å². The number of rotatable bonds is 5. The zero-order valence-corrected chi connectivity index (χ0v) is 11.7. The van der Waals surface area contributed by atoms with E-state index < -0.39 is 22.0 Å². The predicted octanol–water partition coefficient (Wildman–Crippen LogP) is 2.09. The van der Waals surface area contributed by atoms with Crippen molar-refractivity contribution >= 4 is 16.8 Å². The largest absolute Gasteiger partial charge is 0.480 e. The first-order valence-electron chi connectivity index (χ1n) is 6.84. The van der Waals surface area contributed by atoms with Gasteiger partial charge in [-0.05, 0) is 32.1 Å². The normalized spacial score (nSPS) is 29.5. The average Bonchev–Trinajstić information content (AvgIpc) is 2.90. The van der Waals surface area contributed by atoms with Crippen LogP contribution in [0.1, 0.15) is 51.9 Å². The Morgan fingerprint density at radius 1 is 1.44 bits per heavy atom. The number of carboxylic acid groups (broad SMARTS) is 1. The van der Waals surface area contributed by atoms with Gasteiger partial charge < -0.3 is 9.84 Å². The third-order valence-electron chi connectivity index (χ3n) is 4.17. The Morgan fingerprint density at radius 2 is 2.11 bits per heavy atom. The van der Waals surface area contributed by atoms with Gasteiger partial charge in [0.1, 0.15) is 5.25 Å². The lowest BCUT2D eigenvalue weighted by molar-refractivity contribution is -0.136. The van der Waals surface area contributed by atoms with E-state index in [4.69, 9.17) is 9.84 Å². The van der Waals surface area contributed by atoms with Gasteiger partial charge >= 0.3 is 5.97 Å². The van der Waals surface area contributed by atoms with E-state index in [0.717, 1.165) is 25.7 Å². The Hall–Kier alpha value is -0.420. The summed E-state index contributed by atoms with van der Waals surface area (Å²) in [4.78, 5) is 11.0. The molecule has 1 aliphatic carbocycles. The smallest absolute Gasteiger partial charge is 0.319 e. The molecule has 2 aliphatic rings. The van der Waals surface area contributed by atoms with Crippen LogP contribution in [0.3, 0.4) is 0 Å². The fourth-order valence-electron chi connectivity index (χ4n) is 3.17. The average molecular weight is 274 g/mol. The summed E-state index contributed by atoms with van der Waals surface area (Å²) >= 11 is 0. The molecule has 1 aliphatic heterocycles. The van der Waals surface area contributed by atoms with E-state index in [2.05, 4.69) is 0 Å². The Balaban J connectivity index is 1.87. The molecule has 2 rings (SSSR count). The molecular weight excluding hydrogens is 252 g/mol. The van der Waals surface area contributed by atoms with Crippen LogP contribution in [-0.4, -0.2) is 38.0 Å². The van der Waals surface area contributed by atoms with Crippen molar-refractivity contribution in [2.75, 3.05) is 5.75 Å². The zero-order valence-electron chi connectivity index (χ0n) is 10.9. The molecule has 0 aromatic heterocycles. The highest BCUT2D eigenvalue weighted by Gasteiger charge is 2.43. The minimum Gasteiger partial charge on any atom is -0.480 e. The summed E-state index contributed by atoms with van der Waals surface area (Å²) in [5.74, 6) is -0.573. The number of ether oxygens (including phenoxy) is 1. The van der Waals surface area contributed by atoms with E-state index in [1.807, 2.05) is 0 Å². The SMILES string of the molecule is CCC(C(=O)O)S(=O)CC1CCC2(CCCC2)O1. The number of carboxylic acids is 1. The quantitative estimate of drug-likeness (QED) is 0.834. The van der Waals surface area contributed by atoms with Crippen LogP contribution in [0, 0.1) is 0 Å². The highest BCUT2D eigenvalue weighted by atomic mass is 32.2. The first kappa shape index (κ1) is 14.0. The molecule has 0 bridgehead atoms. The summed E-state index contributed by atoms with van der Waals surface area (Å²) in [5, 5.41) is 8.25. The summed E-state index contributed by atoms with van der Waals surface area (Å²) in [7, 11) is -1.32. The van der Waals surface area contributed by atoms with E-state index in [1.165, 1.54) is 12.8 Å². The maximum absolute atomic E-state index is 12.0. The molecule has 2 fully saturated rings. The van der Waals surface area contributed by atoms with E-state index in [1.54, 1.807) is 6.92 Å². The third kappa shape index (κ3) is 2.94. The molecule has 18 heavy (non-hydrogen) atoms. The van der Waals surface area contributed by atoms with Gasteiger partial charge in [-0.3, -0.25) is 9.00 Å². The van der Waals surface area contributed by atoms with Gasteiger partial charge in [-0.1, -0.05) is 19.8 Å². The Labute approximate surface area is 111 Å². The van der Waals surface area contributed by atoms with Gasteiger partial charge in [0.15, 0.2) is 0 Å². The van der Waals surface area contributed by atoms with E-state index >= 15 is 0 Å². The van der Waals surface area contributed by atoms with Crippen LogP contribution in [-0.2, 0) is 20.3 Å². The Bertz CT molecular complexity index is 336. The summed E-state index contributed by atoms with van der Waals surface area (Å²) in [6, 6.07) is 0. The van der Waals surface area contributed by atoms with Crippen molar-refractivity contribution in [1.82, 2.24) is 0 Å². The predicted molar refractivity (Wildman–Crippen MR) is 70.0 cm³/mol. The molecular formula is C13H22O4S. The highest BCUT2D eigenvalue weighted by molar-refractivity contribution is 7.86. The standard InChI is InChI=1S/C13H22O4S/c1-2-11(12(14)15)18(16)9-10-5-8-13(17-10)6-3-4-7-13/h10-11H,2-9H2,1H3,(H,14,15). The van der Waals surface area contributed by atoms with Gasteiger partial charge in [0.05, 0.1) is 17.5 Å². The van der Waals surface area contributed by atoms with Crippen molar-refractivity contribution in [1.29, 1.82) is 0 Å². The molecule has 1 saturated carbocycles. The van der Waals surface area contributed by atoms with Crippen LogP contribution < -0.4 is 0 Å². The topological polar surface area (TPSA) is 63.6 Å². The number of carbonyl (C=O) groups is 1. The maximum Gasteiger partial charge on any atom is 0.319 e. The number of hydrogen-bond donors (Lipinski definition) is 1. The first-order chi connectivity index (χ1) is 8.56. The van der Waals surface area contributed by atoms with E-state index in [9.17, 15) is 9.00 Å². The monoisotopic (exact) mass is 274 g/mol. The molecule has 0 radical (unpaired) electrons. The number of hydrogen-bond acceptors (Lipinski definition) is 3. The molecule has 1 saturated heterocycles. The molecule has 4 nitrogen and oxygen atoms in total. The molecule has 104 valence electrons. The van der Waals surface area contributed by atoms with Gasteiger partial charge in [0.2, 0.25) is 0 Å². The summed E-state index contributed by atoms with van der Waals surface area (Å²) in [6.07, 6.45) is 7.08. The van der Waals surface area contributed by atoms with Crippen LogP contribution in [0.15, 0.2) is 0 Å². The van der Waals surface area contributed by atoms with Gasteiger partial charge in [0.25, 0.3) is 0 Å². The second-order valence-electron chi connectivity index (χ2n) is 5.45. The minimum absolute atomic E-state index is 0.00247. The van der Waals surface area contributed by atoms with Crippen LogP contribution in [0.2, 0.25) is 0 Å². The second kappa shape index (κ2) is 5.70. The minimum atomic E-state index is -1.32. The van der Waals surface area contributed by atoms with E-state index in [-0.39, 0.29) is 11.7 Å².